The van der Waals surface area contributed by atoms with Gasteiger partial charge in [0.05, 0.1) is 12.8 Å². The van der Waals surface area contributed by atoms with Gasteiger partial charge in [0.15, 0.2) is 16.6 Å². The van der Waals surface area contributed by atoms with E-state index in [-0.39, 0.29) is 11.8 Å². The highest BCUT2D eigenvalue weighted by atomic mass is 32.1. The lowest BCUT2D eigenvalue weighted by Crippen LogP contribution is -2.15. The summed E-state index contributed by atoms with van der Waals surface area (Å²) in [5.41, 5.74) is 2.00. The van der Waals surface area contributed by atoms with E-state index in [4.69, 9.17) is 14.2 Å². The number of fused-ring (bicyclic) bond motifs is 1. The lowest BCUT2D eigenvalue weighted by atomic mass is 10.1. The van der Waals surface area contributed by atoms with Crippen LogP contribution in [-0.4, -0.2) is 41.0 Å². The number of thiazole rings is 1. The molecule has 3 aromatic rings. The molecule has 3 heterocycles. The Hall–Kier alpha value is -3.07. The molecule has 1 aromatic carbocycles. The number of aryl methyl sites for hydroxylation is 1. The van der Waals surface area contributed by atoms with E-state index in [1.165, 1.54) is 23.1 Å². The van der Waals surface area contributed by atoms with Crippen LogP contribution in [0.2, 0.25) is 0 Å². The highest BCUT2D eigenvalue weighted by molar-refractivity contribution is 7.14. The molecule has 0 fully saturated rings. The van der Waals surface area contributed by atoms with Crippen molar-refractivity contribution in [2.45, 2.75) is 0 Å². The van der Waals surface area contributed by atoms with Gasteiger partial charge in [-0.15, -0.1) is 16.4 Å². The minimum atomic E-state index is -0.321. The maximum Gasteiger partial charge on any atom is 0.264 e. The summed E-state index contributed by atoms with van der Waals surface area (Å²) in [6.45, 7) is 1.08. The summed E-state index contributed by atoms with van der Waals surface area (Å²) in [6, 6.07) is 5.67. The van der Waals surface area contributed by atoms with Crippen molar-refractivity contribution in [1.82, 2.24) is 14.8 Å². The fourth-order valence-corrected chi connectivity index (χ4v) is 3.32. The Bertz CT molecular complexity index is 966. The fourth-order valence-electron chi connectivity index (χ4n) is 2.61. The Morgan fingerprint density at radius 2 is 2.12 bits per heavy atom. The molecule has 1 aliphatic heterocycles. The second kappa shape index (κ2) is 6.68. The van der Waals surface area contributed by atoms with Crippen molar-refractivity contribution in [3.8, 4) is 28.6 Å². The second-order valence-electron chi connectivity index (χ2n) is 5.58. The average molecular weight is 372 g/mol. The lowest BCUT2D eigenvalue weighted by molar-refractivity contribution is 0.102. The zero-order valence-corrected chi connectivity index (χ0v) is 15.0. The van der Waals surface area contributed by atoms with Gasteiger partial charge in [-0.3, -0.25) is 14.8 Å². The smallest absolute Gasteiger partial charge is 0.264 e. The summed E-state index contributed by atoms with van der Waals surface area (Å²) in [6.07, 6.45) is 1.60. The van der Waals surface area contributed by atoms with Crippen molar-refractivity contribution in [1.29, 1.82) is 0 Å². The van der Waals surface area contributed by atoms with E-state index < -0.39 is 0 Å². The number of carbonyl (C=O) groups is 1. The van der Waals surface area contributed by atoms with Crippen LogP contribution in [0.25, 0.3) is 11.3 Å². The topological polar surface area (TPSA) is 87.5 Å². The molecule has 2 aromatic heterocycles. The SMILES string of the molecule is COc1nn(C)cc1C(=O)Nc1nc(-c2ccc3c(c2)OCCO3)cs1. The lowest BCUT2D eigenvalue weighted by Gasteiger charge is -2.18. The molecule has 0 bridgehead atoms. The molecule has 0 saturated heterocycles. The van der Waals surface area contributed by atoms with Gasteiger partial charge in [-0.1, -0.05) is 0 Å². The Morgan fingerprint density at radius 3 is 2.92 bits per heavy atom. The summed E-state index contributed by atoms with van der Waals surface area (Å²) < 4.78 is 17.8. The number of methoxy groups -OCH3 is 1. The number of nitrogens with zero attached hydrogens (tertiary/aromatic N) is 3. The van der Waals surface area contributed by atoms with Gasteiger partial charge in [0.1, 0.15) is 18.8 Å². The standard InChI is InChI=1S/C17H16N4O4S/c1-21-8-11(16(20-21)23-2)15(22)19-17-18-12(9-26-17)10-3-4-13-14(7-10)25-6-5-24-13/h3-4,7-9H,5-6H2,1-2H3,(H,18,19,22). The zero-order chi connectivity index (χ0) is 18.1. The maximum atomic E-state index is 12.4. The van der Waals surface area contributed by atoms with Gasteiger partial charge in [-0.05, 0) is 18.2 Å². The molecular weight excluding hydrogens is 356 g/mol. The summed E-state index contributed by atoms with van der Waals surface area (Å²) in [7, 11) is 3.20. The van der Waals surface area contributed by atoms with Crippen LogP contribution in [0.4, 0.5) is 5.13 Å². The minimum absolute atomic E-state index is 0.272. The van der Waals surface area contributed by atoms with E-state index in [1.807, 2.05) is 23.6 Å². The molecule has 26 heavy (non-hydrogen) atoms. The maximum absolute atomic E-state index is 12.4. The van der Waals surface area contributed by atoms with Gasteiger partial charge >= 0.3 is 0 Å². The Labute approximate surface area is 153 Å². The quantitative estimate of drug-likeness (QED) is 0.757. The highest BCUT2D eigenvalue weighted by Gasteiger charge is 2.18. The highest BCUT2D eigenvalue weighted by Crippen LogP contribution is 2.35. The van der Waals surface area contributed by atoms with Crippen molar-refractivity contribution in [2.75, 3.05) is 25.6 Å². The van der Waals surface area contributed by atoms with E-state index >= 15 is 0 Å². The van der Waals surface area contributed by atoms with Crippen molar-refractivity contribution >= 4 is 22.4 Å². The van der Waals surface area contributed by atoms with Crippen molar-refractivity contribution in [3.63, 3.8) is 0 Å². The average Bonchev–Trinajstić information content (AvgIpc) is 3.27. The Morgan fingerprint density at radius 1 is 1.31 bits per heavy atom. The molecule has 1 aliphatic rings. The van der Waals surface area contributed by atoms with Crippen LogP contribution in [0.3, 0.4) is 0 Å². The van der Waals surface area contributed by atoms with Crippen molar-refractivity contribution in [3.05, 3.63) is 35.3 Å². The van der Waals surface area contributed by atoms with Crippen LogP contribution in [0.5, 0.6) is 17.4 Å². The van der Waals surface area contributed by atoms with Crippen molar-refractivity contribution in [2.24, 2.45) is 7.05 Å². The molecule has 0 unspecified atom stereocenters. The Kier molecular flexibility index (Phi) is 4.21. The summed E-state index contributed by atoms with van der Waals surface area (Å²) >= 11 is 1.34. The van der Waals surface area contributed by atoms with E-state index in [0.29, 0.717) is 29.7 Å². The molecule has 1 amide bonds. The second-order valence-corrected chi connectivity index (χ2v) is 6.43. The van der Waals surface area contributed by atoms with Crippen LogP contribution in [-0.2, 0) is 7.05 Å². The molecule has 9 heteroatoms. The number of rotatable bonds is 4. The molecule has 1 N–H and O–H groups in total. The molecule has 0 saturated carbocycles. The number of aromatic nitrogens is 3. The molecule has 4 rings (SSSR count). The van der Waals surface area contributed by atoms with E-state index in [2.05, 4.69) is 15.4 Å². The predicted octanol–water partition coefficient (Wildman–Crippen LogP) is 2.58. The van der Waals surface area contributed by atoms with Gasteiger partial charge in [0.25, 0.3) is 5.91 Å². The number of benzene rings is 1. The normalized spacial score (nSPS) is 12.7. The van der Waals surface area contributed by atoms with Crippen LogP contribution >= 0.6 is 11.3 Å². The number of amides is 1. The number of hydrogen-bond donors (Lipinski definition) is 1. The Balaban J connectivity index is 1.54. The third-order valence-corrected chi connectivity index (χ3v) is 4.55. The number of ether oxygens (including phenoxy) is 3. The molecule has 134 valence electrons. The van der Waals surface area contributed by atoms with E-state index in [1.54, 1.807) is 13.2 Å². The minimum Gasteiger partial charge on any atom is -0.486 e. The third-order valence-electron chi connectivity index (χ3n) is 3.80. The fraction of sp³-hybridized carbons (Fsp3) is 0.235. The summed E-state index contributed by atoms with van der Waals surface area (Å²) in [5.74, 6) is 1.38. The molecule has 0 aliphatic carbocycles. The van der Waals surface area contributed by atoms with Gasteiger partial charge < -0.3 is 14.2 Å². The first-order valence-corrected chi connectivity index (χ1v) is 8.76. The van der Waals surface area contributed by atoms with Gasteiger partial charge in [-0.25, -0.2) is 4.98 Å². The molecule has 8 nitrogen and oxygen atoms in total. The first kappa shape index (κ1) is 16.4. The van der Waals surface area contributed by atoms with Gasteiger partial charge in [-0.2, -0.15) is 0 Å². The van der Waals surface area contributed by atoms with Crippen LogP contribution in [0, 0.1) is 0 Å². The van der Waals surface area contributed by atoms with Crippen LogP contribution in [0.1, 0.15) is 10.4 Å². The van der Waals surface area contributed by atoms with E-state index in [9.17, 15) is 4.79 Å². The molecule has 0 radical (unpaired) electrons. The van der Waals surface area contributed by atoms with Crippen molar-refractivity contribution < 1.29 is 19.0 Å². The zero-order valence-electron chi connectivity index (χ0n) is 14.2. The number of hydrogen-bond acceptors (Lipinski definition) is 7. The molecule has 0 spiro atoms. The van der Waals surface area contributed by atoms with Crippen LogP contribution < -0.4 is 19.5 Å². The summed E-state index contributed by atoms with van der Waals surface area (Å²) in [5, 5.41) is 9.22. The van der Waals surface area contributed by atoms with Gasteiger partial charge in [0, 0.05) is 24.2 Å². The first-order valence-electron chi connectivity index (χ1n) is 7.88. The molecular formula is C17H16N4O4S. The number of nitrogens with one attached hydrogen (secondary N) is 1. The number of anilines is 1. The largest absolute Gasteiger partial charge is 0.486 e. The predicted molar refractivity (Wildman–Crippen MR) is 96.3 cm³/mol. The van der Waals surface area contributed by atoms with Crippen LogP contribution in [0.15, 0.2) is 29.8 Å². The first-order chi connectivity index (χ1) is 12.6. The monoisotopic (exact) mass is 372 g/mol. The summed E-state index contributed by atoms with van der Waals surface area (Å²) in [4.78, 5) is 16.9. The third kappa shape index (κ3) is 3.08. The molecule has 0 atom stereocenters. The van der Waals surface area contributed by atoms with Gasteiger partial charge in [0.2, 0.25) is 5.88 Å². The number of carbonyl (C=O) groups excluding carboxylic acids is 1. The van der Waals surface area contributed by atoms with E-state index in [0.717, 1.165) is 17.0 Å².